The van der Waals surface area contributed by atoms with Gasteiger partial charge in [-0.15, -0.1) is 0 Å². The fourth-order valence-corrected chi connectivity index (χ4v) is 10.9. The van der Waals surface area contributed by atoms with Crippen molar-refractivity contribution in [2.24, 2.45) is 0 Å². The summed E-state index contributed by atoms with van der Waals surface area (Å²) in [7, 11) is 0. The molecule has 0 amide bonds. The summed E-state index contributed by atoms with van der Waals surface area (Å²) in [6.07, 6.45) is 0. The molecule has 0 bridgehead atoms. The summed E-state index contributed by atoms with van der Waals surface area (Å²) in [5, 5.41) is 3.99. The minimum absolute atomic E-state index is 0.671. The molecule has 0 aliphatic carbocycles. The van der Waals surface area contributed by atoms with E-state index in [0.717, 1.165) is 89.1 Å². The zero-order valence-corrected chi connectivity index (χ0v) is 39.7. The van der Waals surface area contributed by atoms with Gasteiger partial charge in [-0.1, -0.05) is 97.1 Å². The first-order valence-electron chi connectivity index (χ1n) is 24.7. The van der Waals surface area contributed by atoms with Crippen molar-refractivity contribution in [1.29, 1.82) is 0 Å². The highest BCUT2D eigenvalue weighted by Crippen LogP contribution is 2.54. The minimum Gasteiger partial charge on any atom is -0.449 e. The summed E-state index contributed by atoms with van der Waals surface area (Å²) >= 11 is 0. The van der Waals surface area contributed by atoms with Crippen LogP contribution < -0.4 is 28.7 Å². The molecule has 8 heteroatoms. The number of rotatable bonds is 8. The molecule has 8 nitrogen and oxygen atoms in total. The van der Waals surface area contributed by atoms with Gasteiger partial charge in [0.25, 0.3) is 0 Å². The molecular formula is C66H42N4O4. The largest absolute Gasteiger partial charge is 0.449 e. The Hall–Kier alpha value is -10.2. The standard InChI is InChI=1S/C66H42N4O4/c1-5-17-43(18-6-1)67(44-19-7-2-8-20-44)49-33-35-53-51(41-49)63-55(37-39-61-65(63)73-59-27-15-13-25-57(59)71-61)69(53)47-29-31-48(32-30-47)70-54-36-34-50(68(45-21-9-3-10-22-45)46-23-11-4-12-24-46)42-52(54)64-56(70)38-40-62-66(64)74-60-28-16-14-26-58(60)72-62/h1-42H. The van der Waals surface area contributed by atoms with Crippen molar-refractivity contribution in [3.63, 3.8) is 0 Å². The number of hydrogen-bond donors (Lipinski definition) is 0. The summed E-state index contributed by atoms with van der Waals surface area (Å²) in [5.41, 5.74) is 12.3. The predicted molar refractivity (Wildman–Crippen MR) is 298 cm³/mol. The van der Waals surface area contributed by atoms with Crippen molar-refractivity contribution >= 4 is 77.7 Å². The molecule has 0 atom stereocenters. The van der Waals surface area contributed by atoms with Crippen LogP contribution in [0, 0.1) is 0 Å². The molecule has 350 valence electrons. The number of ether oxygens (including phenoxy) is 4. The quantitative estimate of drug-likeness (QED) is 0.151. The molecule has 13 aromatic rings. The summed E-state index contributed by atoms with van der Waals surface area (Å²) in [5.74, 6) is 5.45. The third-order valence-corrected chi connectivity index (χ3v) is 14.2. The van der Waals surface area contributed by atoms with E-state index in [0.29, 0.717) is 46.0 Å². The molecule has 4 heterocycles. The van der Waals surface area contributed by atoms with Crippen LogP contribution in [0.5, 0.6) is 46.0 Å². The van der Waals surface area contributed by atoms with Gasteiger partial charge in [-0.2, -0.15) is 0 Å². The van der Waals surface area contributed by atoms with Gasteiger partial charge in [0, 0.05) is 56.3 Å². The molecular weight excluding hydrogens is 913 g/mol. The van der Waals surface area contributed by atoms with Gasteiger partial charge in [0.05, 0.1) is 32.8 Å². The molecule has 0 spiro atoms. The van der Waals surface area contributed by atoms with Gasteiger partial charge in [0.15, 0.2) is 46.0 Å². The van der Waals surface area contributed by atoms with Crippen LogP contribution in [0.15, 0.2) is 255 Å². The van der Waals surface area contributed by atoms with Crippen LogP contribution in [0.2, 0.25) is 0 Å². The van der Waals surface area contributed by atoms with Crippen molar-refractivity contribution in [3.05, 3.63) is 255 Å². The summed E-state index contributed by atoms with van der Waals surface area (Å²) in [4.78, 5) is 4.59. The van der Waals surface area contributed by atoms with Crippen LogP contribution in [-0.2, 0) is 0 Å². The first-order chi connectivity index (χ1) is 36.7. The molecule has 0 N–H and O–H groups in total. The maximum atomic E-state index is 6.82. The summed E-state index contributed by atoms with van der Waals surface area (Å²) < 4.78 is 31.4. The second kappa shape index (κ2) is 16.7. The Labute approximate surface area is 425 Å². The lowest BCUT2D eigenvalue weighted by atomic mass is 10.1. The molecule has 74 heavy (non-hydrogen) atoms. The van der Waals surface area contributed by atoms with Crippen LogP contribution in [0.1, 0.15) is 0 Å². The van der Waals surface area contributed by atoms with E-state index in [2.05, 4.69) is 213 Å². The molecule has 0 saturated carbocycles. The van der Waals surface area contributed by atoms with Gasteiger partial charge in [-0.3, -0.25) is 0 Å². The highest BCUT2D eigenvalue weighted by molar-refractivity contribution is 6.16. The Bertz CT molecular complexity index is 3950. The SMILES string of the molecule is c1ccc(N(c2ccccc2)c2ccc3c(c2)c2c4c(ccc2n3-c2ccc(-n3c5ccc(N(c6ccccc6)c6ccccc6)cc5c5c6c(ccc53)Oc3ccccc3O6)cc2)Oc2ccccc2O4)cc1. The Morgan fingerprint density at radius 2 is 0.554 bits per heavy atom. The normalized spacial score (nSPS) is 12.2. The number of fused-ring (bicyclic) bond motifs is 12. The topological polar surface area (TPSA) is 53.3 Å². The lowest BCUT2D eigenvalue weighted by Crippen LogP contribution is -2.09. The van der Waals surface area contributed by atoms with Gasteiger partial charge >= 0.3 is 0 Å². The number of aromatic nitrogens is 2. The average molecular weight is 955 g/mol. The fourth-order valence-electron chi connectivity index (χ4n) is 10.9. The maximum absolute atomic E-state index is 6.82. The Morgan fingerprint density at radius 3 is 0.905 bits per heavy atom. The second-order valence-corrected chi connectivity index (χ2v) is 18.5. The highest BCUT2D eigenvalue weighted by Gasteiger charge is 2.29. The second-order valence-electron chi connectivity index (χ2n) is 18.5. The van der Waals surface area contributed by atoms with E-state index in [1.807, 2.05) is 60.7 Å². The minimum atomic E-state index is 0.671. The molecule has 15 rings (SSSR count). The van der Waals surface area contributed by atoms with E-state index in [-0.39, 0.29) is 0 Å². The molecule has 2 aliphatic heterocycles. The Balaban J connectivity index is 0.916. The van der Waals surface area contributed by atoms with Crippen LogP contribution in [0.25, 0.3) is 55.0 Å². The number of anilines is 6. The van der Waals surface area contributed by atoms with E-state index in [1.54, 1.807) is 0 Å². The van der Waals surface area contributed by atoms with Gasteiger partial charge in [-0.05, 0) is 158 Å². The summed E-state index contributed by atoms with van der Waals surface area (Å²) in [6, 6.07) is 88.3. The van der Waals surface area contributed by atoms with E-state index in [4.69, 9.17) is 18.9 Å². The Morgan fingerprint density at radius 1 is 0.243 bits per heavy atom. The molecule has 0 fully saturated rings. The lowest BCUT2D eigenvalue weighted by molar-refractivity contribution is 0.363. The molecule has 2 aromatic heterocycles. The molecule has 11 aromatic carbocycles. The molecule has 0 unspecified atom stereocenters. The molecule has 2 aliphatic rings. The molecule has 0 radical (unpaired) electrons. The van der Waals surface area contributed by atoms with E-state index < -0.39 is 0 Å². The zero-order chi connectivity index (χ0) is 48.7. The van der Waals surface area contributed by atoms with Crippen LogP contribution in [-0.4, -0.2) is 9.13 Å². The zero-order valence-electron chi connectivity index (χ0n) is 39.7. The first kappa shape index (κ1) is 41.6. The average Bonchev–Trinajstić information content (AvgIpc) is 3.98. The first-order valence-corrected chi connectivity index (χ1v) is 24.7. The highest BCUT2D eigenvalue weighted by atomic mass is 16.6. The van der Waals surface area contributed by atoms with Gasteiger partial charge in [0.2, 0.25) is 0 Å². The van der Waals surface area contributed by atoms with Crippen molar-refractivity contribution in [2.45, 2.75) is 0 Å². The van der Waals surface area contributed by atoms with Crippen LogP contribution >= 0.6 is 0 Å². The van der Waals surface area contributed by atoms with E-state index >= 15 is 0 Å². The number of nitrogens with zero attached hydrogens (tertiary/aromatic N) is 4. The van der Waals surface area contributed by atoms with Gasteiger partial charge < -0.3 is 37.9 Å². The maximum Gasteiger partial charge on any atom is 0.180 e. The van der Waals surface area contributed by atoms with Crippen molar-refractivity contribution in [3.8, 4) is 57.4 Å². The van der Waals surface area contributed by atoms with Crippen molar-refractivity contribution in [1.82, 2.24) is 9.13 Å². The lowest BCUT2D eigenvalue weighted by Gasteiger charge is -2.25. The smallest absolute Gasteiger partial charge is 0.180 e. The van der Waals surface area contributed by atoms with Crippen molar-refractivity contribution < 1.29 is 18.9 Å². The van der Waals surface area contributed by atoms with Gasteiger partial charge in [-0.25, -0.2) is 0 Å². The van der Waals surface area contributed by atoms with Crippen LogP contribution in [0.4, 0.5) is 34.1 Å². The predicted octanol–water partition coefficient (Wildman–Crippen LogP) is 18.6. The number of para-hydroxylation sites is 8. The summed E-state index contributed by atoms with van der Waals surface area (Å²) in [6.45, 7) is 0. The number of hydrogen-bond acceptors (Lipinski definition) is 6. The molecule has 0 saturated heterocycles. The van der Waals surface area contributed by atoms with Gasteiger partial charge in [0.1, 0.15) is 0 Å². The van der Waals surface area contributed by atoms with Crippen molar-refractivity contribution in [2.75, 3.05) is 9.80 Å². The van der Waals surface area contributed by atoms with E-state index in [9.17, 15) is 0 Å². The van der Waals surface area contributed by atoms with Crippen LogP contribution in [0.3, 0.4) is 0 Å². The number of benzene rings is 11. The third-order valence-electron chi connectivity index (χ3n) is 14.2. The van der Waals surface area contributed by atoms with E-state index in [1.165, 1.54) is 0 Å². The fraction of sp³-hybridized carbons (Fsp3) is 0. The third kappa shape index (κ3) is 6.62. The Kier molecular flexibility index (Phi) is 9.40. The monoisotopic (exact) mass is 954 g/mol.